The van der Waals surface area contributed by atoms with Crippen LogP contribution in [0.2, 0.25) is 0 Å². The summed E-state index contributed by atoms with van der Waals surface area (Å²) in [7, 11) is -3.78. The van der Waals surface area contributed by atoms with E-state index in [1.807, 2.05) is 26.8 Å². The number of fused-ring (bicyclic) bond motifs is 1. The van der Waals surface area contributed by atoms with Gasteiger partial charge in [-0.2, -0.15) is 0 Å². The lowest BCUT2D eigenvalue weighted by atomic mass is 10.1. The Hall–Kier alpha value is -2.36. The van der Waals surface area contributed by atoms with Gasteiger partial charge in [-0.05, 0) is 63.6 Å². The summed E-state index contributed by atoms with van der Waals surface area (Å²) in [4.78, 5) is 12.1. The normalized spacial score (nSPS) is 12.8. The highest BCUT2D eigenvalue weighted by Gasteiger charge is 2.21. The van der Waals surface area contributed by atoms with Crippen LogP contribution in [-0.2, 0) is 16.6 Å². The molecule has 0 amide bonds. The number of nitrogens with zero attached hydrogens (tertiary/aromatic N) is 1. The van der Waals surface area contributed by atoms with E-state index in [9.17, 15) is 13.2 Å². The maximum Gasteiger partial charge on any atom is 0.308 e. The van der Waals surface area contributed by atoms with Crippen LogP contribution in [0.1, 0.15) is 39.3 Å². The first kappa shape index (κ1) is 22.3. The molecule has 162 valence electrons. The Morgan fingerprint density at radius 3 is 2.40 bits per heavy atom. The monoisotopic (exact) mass is 450 g/mol. The Balaban J connectivity index is 1.88. The fraction of sp³-hybridized carbons (Fsp3) is 0.381. The molecule has 0 unspecified atom stereocenters. The quantitative estimate of drug-likeness (QED) is 0.534. The SMILES string of the molecule is CCOc1ccc([C@@H](C)NS(=O)(=O)c2ccc3c(c2)sc(=O)n3CC)cc1OCC. The first-order valence-electron chi connectivity index (χ1n) is 9.86. The third-order valence-electron chi connectivity index (χ3n) is 4.67. The van der Waals surface area contributed by atoms with Gasteiger partial charge in [-0.15, -0.1) is 0 Å². The first-order chi connectivity index (χ1) is 14.3. The van der Waals surface area contributed by atoms with E-state index >= 15 is 0 Å². The van der Waals surface area contributed by atoms with Crippen molar-refractivity contribution in [3.05, 3.63) is 51.6 Å². The van der Waals surface area contributed by atoms with Gasteiger partial charge in [0.25, 0.3) is 0 Å². The second-order valence-electron chi connectivity index (χ2n) is 6.66. The molecule has 0 spiro atoms. The van der Waals surface area contributed by atoms with E-state index in [2.05, 4.69) is 4.72 Å². The molecule has 3 rings (SSSR count). The first-order valence-corrected chi connectivity index (χ1v) is 12.2. The minimum absolute atomic E-state index is 0.0961. The number of hydrogen-bond acceptors (Lipinski definition) is 6. The van der Waals surface area contributed by atoms with Crippen LogP contribution in [-0.4, -0.2) is 26.2 Å². The highest BCUT2D eigenvalue weighted by atomic mass is 32.2. The van der Waals surface area contributed by atoms with E-state index in [0.717, 1.165) is 22.4 Å². The van der Waals surface area contributed by atoms with E-state index in [-0.39, 0.29) is 9.77 Å². The number of nitrogens with one attached hydrogen (secondary N) is 1. The van der Waals surface area contributed by atoms with Crippen molar-refractivity contribution in [1.29, 1.82) is 0 Å². The molecule has 0 aliphatic carbocycles. The third kappa shape index (κ3) is 4.53. The molecule has 1 atom stereocenters. The molecule has 1 heterocycles. The minimum Gasteiger partial charge on any atom is -0.490 e. The van der Waals surface area contributed by atoms with Crippen molar-refractivity contribution in [2.45, 2.75) is 45.2 Å². The average molecular weight is 451 g/mol. The van der Waals surface area contributed by atoms with Crippen LogP contribution in [0.4, 0.5) is 0 Å². The smallest absolute Gasteiger partial charge is 0.308 e. The van der Waals surface area contributed by atoms with Crippen LogP contribution in [0.15, 0.2) is 46.1 Å². The van der Waals surface area contributed by atoms with Crippen LogP contribution in [0.25, 0.3) is 10.2 Å². The van der Waals surface area contributed by atoms with Crippen molar-refractivity contribution in [1.82, 2.24) is 9.29 Å². The van der Waals surface area contributed by atoms with E-state index in [1.165, 1.54) is 6.07 Å². The molecule has 0 saturated heterocycles. The summed E-state index contributed by atoms with van der Waals surface area (Å²) in [6.45, 7) is 8.95. The zero-order valence-electron chi connectivity index (χ0n) is 17.5. The summed E-state index contributed by atoms with van der Waals surface area (Å²) < 4.78 is 42.1. The second-order valence-corrected chi connectivity index (χ2v) is 9.36. The maximum absolute atomic E-state index is 13.0. The average Bonchev–Trinajstić information content (AvgIpc) is 3.03. The lowest BCUT2D eigenvalue weighted by Crippen LogP contribution is -2.27. The highest BCUT2D eigenvalue weighted by Crippen LogP contribution is 2.31. The largest absolute Gasteiger partial charge is 0.490 e. The standard InChI is InChI=1S/C21H26N2O5S2/c1-5-23-17-10-9-16(13-20(17)29-21(23)24)30(25,26)22-14(4)15-8-11-18(27-6-2)19(12-15)28-7-3/h8-14,22H,5-7H2,1-4H3/t14-/m1/s1. The van der Waals surface area contributed by atoms with Crippen molar-refractivity contribution in [3.8, 4) is 11.5 Å². The summed E-state index contributed by atoms with van der Waals surface area (Å²) in [6.07, 6.45) is 0. The molecule has 1 aromatic heterocycles. The van der Waals surface area contributed by atoms with Crippen LogP contribution in [0, 0.1) is 0 Å². The van der Waals surface area contributed by atoms with Gasteiger partial charge >= 0.3 is 4.87 Å². The minimum atomic E-state index is -3.78. The summed E-state index contributed by atoms with van der Waals surface area (Å²) in [5.41, 5.74) is 1.50. The Kier molecular flexibility index (Phi) is 6.84. The van der Waals surface area contributed by atoms with Crippen LogP contribution < -0.4 is 19.1 Å². The molecule has 30 heavy (non-hydrogen) atoms. The van der Waals surface area contributed by atoms with Gasteiger partial charge in [0.1, 0.15) is 0 Å². The summed E-state index contributed by atoms with van der Waals surface area (Å²) in [5.74, 6) is 1.20. The van der Waals surface area contributed by atoms with Gasteiger partial charge in [0.05, 0.1) is 28.3 Å². The summed E-state index contributed by atoms with van der Waals surface area (Å²) in [5, 5.41) is 0. The second kappa shape index (κ2) is 9.20. The molecular weight excluding hydrogens is 424 g/mol. The number of rotatable bonds is 9. The van der Waals surface area contributed by atoms with Gasteiger partial charge in [0.2, 0.25) is 10.0 Å². The molecular formula is C21H26N2O5S2. The molecule has 0 aliphatic heterocycles. The van der Waals surface area contributed by atoms with Crippen LogP contribution in [0.3, 0.4) is 0 Å². The number of benzene rings is 2. The molecule has 9 heteroatoms. The van der Waals surface area contributed by atoms with Crippen molar-refractivity contribution < 1.29 is 17.9 Å². The zero-order chi connectivity index (χ0) is 21.9. The fourth-order valence-corrected chi connectivity index (χ4v) is 5.55. The van der Waals surface area contributed by atoms with Gasteiger partial charge in [-0.25, -0.2) is 13.1 Å². The molecule has 3 aromatic rings. The molecule has 0 aliphatic rings. The van der Waals surface area contributed by atoms with Crippen molar-refractivity contribution >= 4 is 31.6 Å². The van der Waals surface area contributed by atoms with Crippen molar-refractivity contribution in [2.24, 2.45) is 0 Å². The molecule has 0 radical (unpaired) electrons. The summed E-state index contributed by atoms with van der Waals surface area (Å²) in [6, 6.07) is 9.66. The number of hydrogen-bond donors (Lipinski definition) is 1. The van der Waals surface area contributed by atoms with E-state index in [4.69, 9.17) is 9.47 Å². The van der Waals surface area contributed by atoms with Gasteiger partial charge in [-0.1, -0.05) is 17.4 Å². The van der Waals surface area contributed by atoms with Crippen molar-refractivity contribution in [3.63, 3.8) is 0 Å². The Morgan fingerprint density at radius 2 is 1.73 bits per heavy atom. The lowest BCUT2D eigenvalue weighted by molar-refractivity contribution is 0.287. The van der Waals surface area contributed by atoms with Crippen LogP contribution >= 0.6 is 11.3 Å². The molecule has 2 aromatic carbocycles. The lowest BCUT2D eigenvalue weighted by Gasteiger charge is -2.17. The maximum atomic E-state index is 13.0. The molecule has 0 bridgehead atoms. The summed E-state index contributed by atoms with van der Waals surface area (Å²) >= 11 is 1.05. The van der Waals surface area contributed by atoms with Crippen molar-refractivity contribution in [2.75, 3.05) is 13.2 Å². The highest BCUT2D eigenvalue weighted by molar-refractivity contribution is 7.89. The fourth-order valence-electron chi connectivity index (χ4n) is 3.22. The molecule has 0 saturated carbocycles. The van der Waals surface area contributed by atoms with E-state index in [1.54, 1.807) is 35.8 Å². The van der Waals surface area contributed by atoms with Gasteiger partial charge < -0.3 is 9.47 Å². The van der Waals surface area contributed by atoms with Gasteiger partial charge in [0, 0.05) is 12.6 Å². The molecule has 1 N–H and O–H groups in total. The Bertz CT molecular complexity index is 1200. The molecule has 0 fully saturated rings. The van der Waals surface area contributed by atoms with E-state index in [0.29, 0.717) is 36.0 Å². The third-order valence-corrected chi connectivity index (χ3v) is 7.15. The topological polar surface area (TPSA) is 86.6 Å². The number of ether oxygens (including phenoxy) is 2. The Labute approximate surface area is 180 Å². The predicted octanol–water partition coefficient (Wildman–Crippen LogP) is 3.92. The van der Waals surface area contributed by atoms with Crippen LogP contribution in [0.5, 0.6) is 11.5 Å². The number of sulfonamides is 1. The zero-order valence-corrected chi connectivity index (χ0v) is 19.1. The van der Waals surface area contributed by atoms with Gasteiger partial charge in [0.15, 0.2) is 11.5 Å². The number of aromatic nitrogens is 1. The number of thiazole rings is 1. The number of aryl methyl sites for hydroxylation is 1. The predicted molar refractivity (Wildman–Crippen MR) is 119 cm³/mol. The molecule has 7 nitrogen and oxygen atoms in total. The van der Waals surface area contributed by atoms with E-state index < -0.39 is 16.1 Å². The Morgan fingerprint density at radius 1 is 1.03 bits per heavy atom. The van der Waals surface area contributed by atoms with Gasteiger partial charge in [-0.3, -0.25) is 9.36 Å².